The van der Waals surface area contributed by atoms with Crippen LogP contribution in [0, 0.1) is 11.7 Å². The average Bonchev–Trinajstić information content (AvgIpc) is 3.96. The molecule has 0 radical (unpaired) electrons. The van der Waals surface area contributed by atoms with E-state index in [-0.39, 0.29) is 30.0 Å². The maximum absolute atomic E-state index is 14.4. The Hall–Kier alpha value is -5.18. The van der Waals surface area contributed by atoms with Gasteiger partial charge in [-0.05, 0) is 84.7 Å². The van der Waals surface area contributed by atoms with E-state index in [1.165, 1.54) is 24.8 Å². The Morgan fingerprint density at radius 3 is 2.43 bits per heavy atom. The molecule has 2 saturated heterocycles. The van der Waals surface area contributed by atoms with Gasteiger partial charge in [0.2, 0.25) is 0 Å². The molecule has 5 aromatic rings. The van der Waals surface area contributed by atoms with Crippen LogP contribution >= 0.6 is 0 Å². The number of amides is 2. The first kappa shape index (κ1) is 31.1. The van der Waals surface area contributed by atoms with E-state index in [0.29, 0.717) is 30.8 Å². The number of nitrogens with one attached hydrogen (secondary N) is 1. The predicted octanol–water partition coefficient (Wildman–Crippen LogP) is 6.15. The van der Waals surface area contributed by atoms with Gasteiger partial charge >= 0.3 is 5.97 Å². The Kier molecular flexibility index (Phi) is 7.85. The van der Waals surface area contributed by atoms with Gasteiger partial charge in [0.25, 0.3) is 11.8 Å². The van der Waals surface area contributed by atoms with Crippen molar-refractivity contribution in [2.24, 2.45) is 5.92 Å². The molecule has 2 fully saturated rings. The summed E-state index contributed by atoms with van der Waals surface area (Å²) < 4.78 is 21.8. The highest BCUT2D eigenvalue weighted by atomic mass is 19.1. The third kappa shape index (κ3) is 5.14. The number of rotatable bonds is 8. The third-order valence-corrected chi connectivity index (χ3v) is 11.0. The van der Waals surface area contributed by atoms with E-state index in [1.807, 2.05) is 47.5 Å². The normalized spacial score (nSPS) is 21.3. The van der Waals surface area contributed by atoms with Gasteiger partial charge in [0.15, 0.2) is 5.54 Å². The molecule has 3 aromatic carbocycles. The molecule has 2 amide bonds. The molecule has 0 spiro atoms. The summed E-state index contributed by atoms with van der Waals surface area (Å²) in [5.74, 6) is -1.64. The number of hydrogen-bond donors (Lipinski definition) is 1. The van der Waals surface area contributed by atoms with Crippen LogP contribution in [0.5, 0.6) is 0 Å². The lowest BCUT2D eigenvalue weighted by molar-refractivity contribution is -0.153. The second-order valence-electron chi connectivity index (χ2n) is 13.6. The van der Waals surface area contributed by atoms with Crippen LogP contribution in [0.3, 0.4) is 0 Å². The SMILES string of the molecule is COC(=O)[C@@]1(Cc2ccc(F)cc2)[C@H]2c3cc(C(=O)N4CCCC4)n(CCc4c[nH]c5ccccc45)c3C[C@H]2CN1C(=O)c1ccccc1. The van der Waals surface area contributed by atoms with Gasteiger partial charge in [0.1, 0.15) is 11.5 Å². The van der Waals surface area contributed by atoms with Gasteiger partial charge in [-0.2, -0.15) is 0 Å². The Balaban J connectivity index is 1.26. The predicted molar refractivity (Wildman–Crippen MR) is 184 cm³/mol. The van der Waals surface area contributed by atoms with Gasteiger partial charge in [-0.25, -0.2) is 9.18 Å². The molecule has 8 nitrogen and oxygen atoms in total. The summed E-state index contributed by atoms with van der Waals surface area (Å²) in [6.45, 7) is 2.39. The first-order chi connectivity index (χ1) is 23.9. The minimum atomic E-state index is -1.41. The lowest BCUT2D eigenvalue weighted by atomic mass is 9.75. The maximum Gasteiger partial charge on any atom is 0.332 e. The smallest absolute Gasteiger partial charge is 0.332 e. The first-order valence-corrected chi connectivity index (χ1v) is 17.2. The van der Waals surface area contributed by atoms with E-state index in [4.69, 9.17) is 4.74 Å². The minimum absolute atomic E-state index is 0.000190. The van der Waals surface area contributed by atoms with Crippen LogP contribution in [-0.2, 0) is 35.3 Å². The summed E-state index contributed by atoms with van der Waals surface area (Å²) in [5, 5.41) is 1.16. The van der Waals surface area contributed by atoms with Crippen molar-refractivity contribution in [1.82, 2.24) is 19.4 Å². The third-order valence-electron chi connectivity index (χ3n) is 11.0. The monoisotopic (exact) mass is 658 g/mol. The zero-order valence-corrected chi connectivity index (χ0v) is 27.5. The topological polar surface area (TPSA) is 87.6 Å². The number of aryl methyl sites for hydroxylation is 1. The number of carbonyl (C=O) groups excluding carboxylic acids is 3. The number of carbonyl (C=O) groups is 3. The molecule has 0 bridgehead atoms. The molecule has 2 aromatic heterocycles. The molecule has 2 aliphatic heterocycles. The molecule has 3 atom stereocenters. The number of hydrogen-bond acceptors (Lipinski definition) is 4. The number of esters is 1. The van der Waals surface area contributed by atoms with E-state index in [1.54, 1.807) is 29.2 Å². The van der Waals surface area contributed by atoms with E-state index in [2.05, 4.69) is 21.7 Å². The molecule has 1 N–H and O–H groups in total. The van der Waals surface area contributed by atoms with Crippen LogP contribution in [-0.4, -0.2) is 69.4 Å². The number of halogens is 1. The summed E-state index contributed by atoms with van der Waals surface area (Å²) in [6, 6.07) is 25.3. The van der Waals surface area contributed by atoms with E-state index < -0.39 is 17.4 Å². The quantitative estimate of drug-likeness (QED) is 0.203. The van der Waals surface area contributed by atoms with Crippen LogP contribution in [0.25, 0.3) is 10.9 Å². The second kappa shape index (κ2) is 12.4. The largest absolute Gasteiger partial charge is 0.467 e. The van der Waals surface area contributed by atoms with Crippen LogP contribution in [0.15, 0.2) is 91.1 Å². The summed E-state index contributed by atoms with van der Waals surface area (Å²) >= 11 is 0. The van der Waals surface area contributed by atoms with Gasteiger partial charge in [-0.15, -0.1) is 0 Å². The molecular weight excluding hydrogens is 619 g/mol. The first-order valence-electron chi connectivity index (χ1n) is 17.2. The van der Waals surface area contributed by atoms with Crippen molar-refractivity contribution in [3.63, 3.8) is 0 Å². The summed E-state index contributed by atoms with van der Waals surface area (Å²) in [7, 11) is 1.36. The molecule has 1 aliphatic carbocycles. The lowest BCUT2D eigenvalue weighted by Gasteiger charge is -2.40. The van der Waals surface area contributed by atoms with Crippen molar-refractivity contribution in [3.05, 3.63) is 131 Å². The minimum Gasteiger partial charge on any atom is -0.467 e. The Morgan fingerprint density at radius 1 is 0.939 bits per heavy atom. The molecule has 49 heavy (non-hydrogen) atoms. The fraction of sp³-hybridized carbons (Fsp3) is 0.325. The number of H-pyrrole nitrogens is 1. The fourth-order valence-electron chi connectivity index (χ4n) is 8.80. The zero-order chi connectivity index (χ0) is 33.7. The van der Waals surface area contributed by atoms with E-state index >= 15 is 0 Å². The number of nitrogens with zero attached hydrogens (tertiary/aromatic N) is 3. The zero-order valence-electron chi connectivity index (χ0n) is 27.5. The molecule has 250 valence electrons. The second-order valence-corrected chi connectivity index (χ2v) is 13.6. The molecule has 3 aliphatic rings. The molecule has 9 heteroatoms. The summed E-state index contributed by atoms with van der Waals surface area (Å²) in [4.78, 5) is 49.9. The number of benzene rings is 3. The van der Waals surface area contributed by atoms with Crippen LogP contribution in [0.2, 0.25) is 0 Å². The van der Waals surface area contributed by atoms with Crippen LogP contribution in [0.4, 0.5) is 4.39 Å². The number of fused-ring (bicyclic) bond motifs is 4. The van der Waals surface area contributed by atoms with Crippen LogP contribution < -0.4 is 0 Å². The number of aromatic amines is 1. The van der Waals surface area contributed by atoms with Gasteiger partial charge in [-0.1, -0.05) is 48.5 Å². The van der Waals surface area contributed by atoms with Crippen molar-refractivity contribution in [2.45, 2.75) is 50.1 Å². The van der Waals surface area contributed by atoms with E-state index in [9.17, 15) is 18.8 Å². The van der Waals surface area contributed by atoms with Crippen molar-refractivity contribution >= 4 is 28.7 Å². The van der Waals surface area contributed by atoms with Gasteiger partial charge in [0, 0.05) is 66.9 Å². The number of ether oxygens (including phenoxy) is 1. The van der Waals surface area contributed by atoms with Crippen molar-refractivity contribution in [3.8, 4) is 0 Å². The van der Waals surface area contributed by atoms with Gasteiger partial charge < -0.3 is 24.1 Å². The summed E-state index contributed by atoms with van der Waals surface area (Å²) in [6.07, 6.45) is 5.48. The highest BCUT2D eigenvalue weighted by molar-refractivity contribution is 6.00. The van der Waals surface area contributed by atoms with Crippen molar-refractivity contribution in [2.75, 3.05) is 26.7 Å². The number of methoxy groups -OCH3 is 1. The standard InChI is InChI=1S/C40H39FN4O4/c1-49-39(48)40(23-26-13-15-30(41)16-14-26)36-29(25-45(40)37(46)27-9-3-2-4-10-27)21-34-32(36)22-35(38(47)43-18-7-8-19-43)44(34)20-17-28-24-42-33-12-6-5-11-31(28)33/h2-6,9-16,22,24,29,36,42H,7-8,17-21,23,25H2,1H3/t29-,36+,40+/m0/s1. The van der Waals surface area contributed by atoms with Crippen molar-refractivity contribution < 1.29 is 23.5 Å². The van der Waals surface area contributed by atoms with Gasteiger partial charge in [-0.3, -0.25) is 9.59 Å². The average molecular weight is 659 g/mol. The lowest BCUT2D eigenvalue weighted by Crippen LogP contribution is -2.58. The van der Waals surface area contributed by atoms with Crippen molar-refractivity contribution in [1.29, 1.82) is 0 Å². The van der Waals surface area contributed by atoms with E-state index in [0.717, 1.165) is 60.1 Å². The van der Waals surface area contributed by atoms with Gasteiger partial charge in [0.05, 0.1) is 7.11 Å². The number of aromatic nitrogens is 2. The fourth-order valence-corrected chi connectivity index (χ4v) is 8.80. The Bertz CT molecular complexity index is 2050. The molecule has 4 heterocycles. The molecular formula is C40H39FN4O4. The number of para-hydroxylation sites is 1. The maximum atomic E-state index is 14.4. The number of likely N-dealkylation sites (tertiary alicyclic amines) is 2. The Labute approximate surface area is 284 Å². The molecule has 0 saturated carbocycles. The molecule has 0 unspecified atom stereocenters. The van der Waals surface area contributed by atoms with Crippen LogP contribution in [0.1, 0.15) is 62.0 Å². The highest BCUT2D eigenvalue weighted by Gasteiger charge is 2.64. The Morgan fingerprint density at radius 2 is 1.67 bits per heavy atom. The highest BCUT2D eigenvalue weighted by Crippen LogP contribution is 2.55. The molecule has 8 rings (SSSR count). The summed E-state index contributed by atoms with van der Waals surface area (Å²) in [5.41, 5.74) is 4.63.